The van der Waals surface area contributed by atoms with Crippen LogP contribution in [0.5, 0.6) is 0 Å². The van der Waals surface area contributed by atoms with Crippen LogP contribution in [0.3, 0.4) is 0 Å². The van der Waals surface area contributed by atoms with Crippen molar-refractivity contribution in [2.45, 2.75) is 46.6 Å². The molecule has 1 aromatic rings. The van der Waals surface area contributed by atoms with Gasteiger partial charge in [0, 0.05) is 12.6 Å². The van der Waals surface area contributed by atoms with E-state index >= 15 is 0 Å². The number of aliphatic hydroxyl groups excluding tert-OH is 2. The Morgan fingerprint density at radius 1 is 1.05 bits per heavy atom. The Bertz CT molecular complexity index is 389. The van der Waals surface area contributed by atoms with E-state index < -0.39 is 0 Å². The first-order valence-electron chi connectivity index (χ1n) is 7.02. The van der Waals surface area contributed by atoms with E-state index in [0.29, 0.717) is 6.42 Å². The maximum Gasteiger partial charge on any atom is 0.0585 e. The molecule has 1 unspecified atom stereocenters. The van der Waals surface area contributed by atoms with Crippen LogP contribution in [-0.2, 0) is 6.42 Å². The van der Waals surface area contributed by atoms with E-state index in [4.69, 9.17) is 5.11 Å². The van der Waals surface area contributed by atoms with Crippen molar-refractivity contribution < 1.29 is 10.2 Å². The van der Waals surface area contributed by atoms with Gasteiger partial charge in [-0.1, -0.05) is 6.07 Å². The zero-order chi connectivity index (χ0) is 14.4. The smallest absolute Gasteiger partial charge is 0.0585 e. The molecule has 0 bridgehead atoms. The Kier molecular flexibility index (Phi) is 6.49. The van der Waals surface area contributed by atoms with Crippen molar-refractivity contribution in [3.63, 3.8) is 0 Å². The highest BCUT2D eigenvalue weighted by Crippen LogP contribution is 2.21. The zero-order valence-electron chi connectivity index (χ0n) is 12.6. The summed E-state index contributed by atoms with van der Waals surface area (Å²) in [6, 6.07) is 2.24. The number of hydrogen-bond donors (Lipinski definition) is 3. The third kappa shape index (κ3) is 4.30. The summed E-state index contributed by atoms with van der Waals surface area (Å²) in [5, 5.41) is 21.4. The Balaban J connectivity index is 2.68. The highest BCUT2D eigenvalue weighted by Gasteiger charge is 2.10. The molecule has 0 heterocycles. The molecule has 1 rings (SSSR count). The van der Waals surface area contributed by atoms with Gasteiger partial charge in [-0.15, -0.1) is 0 Å². The van der Waals surface area contributed by atoms with Crippen molar-refractivity contribution in [1.29, 1.82) is 0 Å². The van der Waals surface area contributed by atoms with E-state index in [-0.39, 0.29) is 19.3 Å². The molecule has 19 heavy (non-hydrogen) atoms. The molecule has 0 aromatic heterocycles. The first-order chi connectivity index (χ1) is 9.01. The van der Waals surface area contributed by atoms with Gasteiger partial charge in [-0.2, -0.15) is 0 Å². The van der Waals surface area contributed by atoms with Crippen LogP contribution in [0, 0.1) is 27.7 Å². The van der Waals surface area contributed by atoms with Crippen molar-refractivity contribution in [3.05, 3.63) is 33.9 Å². The number of aliphatic hydroxyl groups is 2. The molecule has 0 fully saturated rings. The lowest BCUT2D eigenvalue weighted by Gasteiger charge is -2.18. The van der Waals surface area contributed by atoms with Gasteiger partial charge in [0.25, 0.3) is 0 Å². The number of nitrogens with one attached hydrogen (secondary N) is 1. The van der Waals surface area contributed by atoms with Crippen molar-refractivity contribution in [2.24, 2.45) is 0 Å². The first kappa shape index (κ1) is 16.2. The van der Waals surface area contributed by atoms with E-state index in [1.54, 1.807) is 0 Å². The molecule has 0 aliphatic heterocycles. The molecule has 108 valence electrons. The summed E-state index contributed by atoms with van der Waals surface area (Å²) in [5.74, 6) is 0. The van der Waals surface area contributed by atoms with Gasteiger partial charge in [0.05, 0.1) is 6.61 Å². The Labute approximate surface area is 116 Å². The number of rotatable bonds is 7. The molecular weight excluding hydrogens is 238 g/mol. The van der Waals surface area contributed by atoms with Crippen LogP contribution in [0.2, 0.25) is 0 Å². The summed E-state index contributed by atoms with van der Waals surface area (Å²) in [6.07, 6.45) is 1.56. The minimum absolute atomic E-state index is 0.00322. The molecule has 0 aliphatic rings. The van der Waals surface area contributed by atoms with Crippen LogP contribution in [-0.4, -0.2) is 36.0 Å². The molecule has 0 spiro atoms. The fourth-order valence-corrected chi connectivity index (χ4v) is 2.49. The van der Waals surface area contributed by atoms with Gasteiger partial charge in [-0.05, 0) is 74.9 Å². The Morgan fingerprint density at radius 2 is 1.63 bits per heavy atom. The maximum absolute atomic E-state index is 9.18. The second-order valence-corrected chi connectivity index (χ2v) is 5.33. The zero-order valence-corrected chi connectivity index (χ0v) is 12.6. The Hall–Kier alpha value is -0.900. The lowest BCUT2D eigenvalue weighted by molar-refractivity contribution is 0.201. The molecule has 0 saturated heterocycles. The predicted octanol–water partition coefficient (Wildman–Crippen LogP) is 1.80. The number of benzene rings is 1. The normalized spacial score (nSPS) is 12.7. The summed E-state index contributed by atoms with van der Waals surface area (Å²) in [6.45, 7) is 9.67. The number of hydrogen-bond acceptors (Lipinski definition) is 3. The van der Waals surface area contributed by atoms with Crippen LogP contribution in [0.4, 0.5) is 0 Å². The third-order valence-corrected chi connectivity index (χ3v) is 4.03. The van der Waals surface area contributed by atoms with Crippen molar-refractivity contribution >= 4 is 0 Å². The van der Waals surface area contributed by atoms with Crippen molar-refractivity contribution in [3.8, 4) is 0 Å². The number of aryl methyl sites for hydroxylation is 2. The Morgan fingerprint density at radius 3 is 2.11 bits per heavy atom. The second-order valence-electron chi connectivity index (χ2n) is 5.33. The van der Waals surface area contributed by atoms with Gasteiger partial charge in [0.15, 0.2) is 0 Å². The summed E-state index contributed by atoms with van der Waals surface area (Å²) < 4.78 is 0. The largest absolute Gasteiger partial charge is 0.396 e. The van der Waals surface area contributed by atoms with Crippen LogP contribution >= 0.6 is 0 Å². The SMILES string of the molecule is Cc1cc(C)c(C)c(CCNC(CO)CCO)c1C. The molecule has 0 aliphatic carbocycles. The quantitative estimate of drug-likeness (QED) is 0.704. The fraction of sp³-hybridized carbons (Fsp3) is 0.625. The average molecular weight is 265 g/mol. The van der Waals surface area contributed by atoms with E-state index in [1.165, 1.54) is 27.8 Å². The highest BCUT2D eigenvalue weighted by molar-refractivity contribution is 5.44. The van der Waals surface area contributed by atoms with Crippen molar-refractivity contribution in [1.82, 2.24) is 5.32 Å². The molecule has 3 N–H and O–H groups in total. The minimum atomic E-state index is -0.00322. The highest BCUT2D eigenvalue weighted by atomic mass is 16.3. The minimum Gasteiger partial charge on any atom is -0.396 e. The van der Waals surface area contributed by atoms with Gasteiger partial charge in [0.1, 0.15) is 0 Å². The maximum atomic E-state index is 9.18. The molecule has 1 aromatic carbocycles. The van der Waals surface area contributed by atoms with E-state index in [9.17, 15) is 5.11 Å². The average Bonchev–Trinajstić information content (AvgIpc) is 2.39. The van der Waals surface area contributed by atoms with E-state index in [2.05, 4.69) is 39.1 Å². The lowest BCUT2D eigenvalue weighted by Crippen LogP contribution is -2.35. The molecule has 3 heteroatoms. The van der Waals surface area contributed by atoms with Crippen LogP contribution in [0.15, 0.2) is 6.07 Å². The third-order valence-electron chi connectivity index (χ3n) is 4.03. The molecule has 1 atom stereocenters. The topological polar surface area (TPSA) is 52.5 Å². The molecule has 0 amide bonds. The lowest BCUT2D eigenvalue weighted by atomic mass is 9.92. The molecule has 0 saturated carbocycles. The van der Waals surface area contributed by atoms with Crippen molar-refractivity contribution in [2.75, 3.05) is 19.8 Å². The molecule has 0 radical (unpaired) electrons. The van der Waals surface area contributed by atoms with Gasteiger partial charge in [-0.3, -0.25) is 0 Å². The monoisotopic (exact) mass is 265 g/mol. The molecular formula is C16H27NO2. The predicted molar refractivity (Wildman–Crippen MR) is 79.7 cm³/mol. The van der Waals surface area contributed by atoms with Gasteiger partial charge in [0.2, 0.25) is 0 Å². The second kappa shape index (κ2) is 7.63. The van der Waals surface area contributed by atoms with Gasteiger partial charge < -0.3 is 15.5 Å². The first-order valence-corrected chi connectivity index (χ1v) is 7.02. The van der Waals surface area contributed by atoms with E-state index in [1.807, 2.05) is 0 Å². The summed E-state index contributed by atoms with van der Waals surface area (Å²) in [4.78, 5) is 0. The fourth-order valence-electron chi connectivity index (χ4n) is 2.49. The summed E-state index contributed by atoms with van der Waals surface area (Å²) >= 11 is 0. The van der Waals surface area contributed by atoms with Crippen LogP contribution < -0.4 is 5.32 Å². The van der Waals surface area contributed by atoms with Gasteiger partial charge >= 0.3 is 0 Å². The van der Waals surface area contributed by atoms with Gasteiger partial charge in [-0.25, -0.2) is 0 Å². The van der Waals surface area contributed by atoms with Crippen LogP contribution in [0.25, 0.3) is 0 Å². The summed E-state index contributed by atoms with van der Waals surface area (Å²) in [7, 11) is 0. The standard InChI is InChI=1S/C16H27NO2/c1-11-9-12(2)14(4)16(13(11)3)5-7-17-15(10-19)6-8-18/h9,15,17-19H,5-8,10H2,1-4H3. The van der Waals surface area contributed by atoms with Crippen LogP contribution in [0.1, 0.15) is 34.2 Å². The molecule has 3 nitrogen and oxygen atoms in total. The van der Waals surface area contributed by atoms with E-state index in [0.717, 1.165) is 13.0 Å². The summed E-state index contributed by atoms with van der Waals surface area (Å²) in [5.41, 5.74) is 6.82.